The molecule has 0 amide bonds. The Balaban J connectivity index is 1.31. The molecule has 6 nitrogen and oxygen atoms in total. The predicted molar refractivity (Wildman–Crippen MR) is 106 cm³/mol. The van der Waals surface area contributed by atoms with E-state index in [1.54, 1.807) is 12.1 Å². The Kier molecular flexibility index (Phi) is 4.37. The van der Waals surface area contributed by atoms with Gasteiger partial charge in [-0.3, -0.25) is 0 Å². The first kappa shape index (κ1) is 17.3. The van der Waals surface area contributed by atoms with Crippen molar-refractivity contribution in [2.45, 2.75) is 6.61 Å². The third kappa shape index (κ3) is 3.40. The van der Waals surface area contributed by atoms with Gasteiger partial charge in [0.05, 0.1) is 5.56 Å². The molecule has 144 valence electrons. The van der Waals surface area contributed by atoms with E-state index in [0.717, 1.165) is 16.3 Å². The van der Waals surface area contributed by atoms with Gasteiger partial charge in [0.1, 0.15) is 25.5 Å². The minimum atomic E-state index is -0.398. The molecular weight excluding hydrogens is 370 g/mol. The summed E-state index contributed by atoms with van der Waals surface area (Å²) in [6.07, 6.45) is 0. The van der Waals surface area contributed by atoms with Gasteiger partial charge in [0, 0.05) is 11.6 Å². The fraction of sp³-hybridized carbons (Fsp3) is 0.130. The quantitative estimate of drug-likeness (QED) is 0.476. The average Bonchev–Trinajstić information content (AvgIpc) is 3.26. The Morgan fingerprint density at radius 1 is 0.931 bits per heavy atom. The SMILES string of the molecule is O=C(OCc1cc(-c2ccc3c(c2)OCCO3)on1)c1cccc2ccccc12. The second kappa shape index (κ2) is 7.31. The molecule has 3 aromatic carbocycles. The monoisotopic (exact) mass is 387 g/mol. The molecule has 0 spiro atoms. The van der Waals surface area contributed by atoms with Gasteiger partial charge in [-0.05, 0) is 35.0 Å². The summed E-state index contributed by atoms with van der Waals surface area (Å²) in [5, 5.41) is 5.86. The molecule has 6 heteroatoms. The molecule has 0 aliphatic carbocycles. The molecule has 4 aromatic rings. The van der Waals surface area contributed by atoms with Crippen molar-refractivity contribution < 1.29 is 23.5 Å². The van der Waals surface area contributed by atoms with Crippen molar-refractivity contribution in [3.05, 3.63) is 78.0 Å². The van der Waals surface area contributed by atoms with Gasteiger partial charge in [-0.15, -0.1) is 0 Å². The number of hydrogen-bond acceptors (Lipinski definition) is 6. The normalized spacial score (nSPS) is 12.7. The van der Waals surface area contributed by atoms with Crippen LogP contribution in [0, 0.1) is 0 Å². The summed E-state index contributed by atoms with van der Waals surface area (Å²) in [5.74, 6) is 1.56. The zero-order valence-corrected chi connectivity index (χ0v) is 15.5. The van der Waals surface area contributed by atoms with E-state index in [1.807, 2.05) is 54.6 Å². The number of carbonyl (C=O) groups excluding carboxylic acids is 1. The first-order valence-corrected chi connectivity index (χ1v) is 9.28. The van der Waals surface area contributed by atoms with Crippen LogP contribution in [0.1, 0.15) is 16.1 Å². The van der Waals surface area contributed by atoms with Crippen LogP contribution < -0.4 is 9.47 Å². The first-order chi connectivity index (χ1) is 14.3. The van der Waals surface area contributed by atoms with Crippen LogP contribution in [-0.2, 0) is 11.3 Å². The van der Waals surface area contributed by atoms with Crippen LogP contribution in [0.5, 0.6) is 11.5 Å². The number of hydrogen-bond donors (Lipinski definition) is 0. The maximum absolute atomic E-state index is 12.6. The van der Waals surface area contributed by atoms with Crippen molar-refractivity contribution in [2.75, 3.05) is 13.2 Å². The molecule has 0 saturated heterocycles. The minimum absolute atomic E-state index is 0.0239. The van der Waals surface area contributed by atoms with Crippen molar-refractivity contribution in [2.24, 2.45) is 0 Å². The second-order valence-corrected chi connectivity index (χ2v) is 6.64. The van der Waals surface area contributed by atoms with E-state index in [0.29, 0.717) is 41.7 Å². The highest BCUT2D eigenvalue weighted by atomic mass is 16.6. The summed E-state index contributed by atoms with van der Waals surface area (Å²) in [5.41, 5.74) is 1.87. The molecule has 5 rings (SSSR count). The van der Waals surface area contributed by atoms with Gasteiger partial charge >= 0.3 is 5.97 Å². The molecule has 0 unspecified atom stereocenters. The fourth-order valence-corrected chi connectivity index (χ4v) is 3.33. The third-order valence-corrected chi connectivity index (χ3v) is 4.75. The number of ether oxygens (including phenoxy) is 3. The van der Waals surface area contributed by atoms with Crippen LogP contribution in [0.4, 0.5) is 0 Å². The maximum Gasteiger partial charge on any atom is 0.339 e. The number of fused-ring (bicyclic) bond motifs is 2. The van der Waals surface area contributed by atoms with Gasteiger partial charge < -0.3 is 18.7 Å². The molecule has 0 N–H and O–H groups in total. The minimum Gasteiger partial charge on any atom is -0.486 e. The topological polar surface area (TPSA) is 70.8 Å². The molecule has 0 radical (unpaired) electrons. The molecule has 2 heterocycles. The number of nitrogens with zero attached hydrogens (tertiary/aromatic N) is 1. The molecule has 1 aromatic heterocycles. The van der Waals surface area contributed by atoms with Crippen molar-refractivity contribution in [1.82, 2.24) is 5.16 Å². The summed E-state index contributed by atoms with van der Waals surface area (Å²) >= 11 is 0. The summed E-state index contributed by atoms with van der Waals surface area (Å²) in [6, 6.07) is 20.6. The number of aromatic nitrogens is 1. The summed E-state index contributed by atoms with van der Waals surface area (Å²) in [7, 11) is 0. The van der Waals surface area contributed by atoms with Crippen molar-refractivity contribution in [3.8, 4) is 22.8 Å². The van der Waals surface area contributed by atoms with Crippen LogP contribution in [0.15, 0.2) is 71.3 Å². The zero-order chi connectivity index (χ0) is 19.6. The zero-order valence-electron chi connectivity index (χ0n) is 15.5. The Morgan fingerprint density at radius 2 is 1.76 bits per heavy atom. The largest absolute Gasteiger partial charge is 0.486 e. The standard InChI is InChI=1S/C23H17NO5/c25-23(19-7-3-5-15-4-1-2-6-18(15)19)28-14-17-13-21(29-24-17)16-8-9-20-22(12-16)27-11-10-26-20/h1-9,12-13H,10-11,14H2. The Hall–Kier alpha value is -3.80. The molecule has 0 saturated carbocycles. The summed E-state index contributed by atoms with van der Waals surface area (Å²) < 4.78 is 22.0. The predicted octanol–water partition coefficient (Wildman–Crippen LogP) is 4.62. The van der Waals surface area contributed by atoms with Crippen LogP contribution >= 0.6 is 0 Å². The summed E-state index contributed by atoms with van der Waals surface area (Å²) in [4.78, 5) is 12.6. The number of rotatable bonds is 4. The third-order valence-electron chi connectivity index (χ3n) is 4.75. The van der Waals surface area contributed by atoms with E-state index in [1.165, 1.54) is 0 Å². The van der Waals surface area contributed by atoms with E-state index in [4.69, 9.17) is 18.7 Å². The average molecular weight is 387 g/mol. The Morgan fingerprint density at radius 3 is 2.69 bits per heavy atom. The molecule has 1 aliphatic heterocycles. The lowest BCUT2D eigenvalue weighted by Crippen LogP contribution is -2.15. The lowest BCUT2D eigenvalue weighted by molar-refractivity contribution is 0.0466. The van der Waals surface area contributed by atoms with E-state index >= 15 is 0 Å². The highest BCUT2D eigenvalue weighted by Crippen LogP contribution is 2.34. The van der Waals surface area contributed by atoms with Gasteiger partial charge in [0.2, 0.25) is 0 Å². The molecular formula is C23H17NO5. The fourth-order valence-electron chi connectivity index (χ4n) is 3.33. The maximum atomic E-state index is 12.6. The van der Waals surface area contributed by atoms with E-state index in [2.05, 4.69) is 5.16 Å². The van der Waals surface area contributed by atoms with Crippen LogP contribution in [-0.4, -0.2) is 24.3 Å². The molecule has 0 atom stereocenters. The molecule has 29 heavy (non-hydrogen) atoms. The van der Waals surface area contributed by atoms with Crippen molar-refractivity contribution >= 4 is 16.7 Å². The molecule has 0 fully saturated rings. The van der Waals surface area contributed by atoms with E-state index < -0.39 is 5.97 Å². The van der Waals surface area contributed by atoms with Crippen LogP contribution in [0.2, 0.25) is 0 Å². The highest BCUT2D eigenvalue weighted by molar-refractivity contribution is 6.04. The number of esters is 1. The number of benzene rings is 3. The van der Waals surface area contributed by atoms with Crippen LogP contribution in [0.25, 0.3) is 22.1 Å². The lowest BCUT2D eigenvalue weighted by atomic mass is 10.1. The first-order valence-electron chi connectivity index (χ1n) is 9.28. The summed E-state index contributed by atoms with van der Waals surface area (Å²) in [6.45, 7) is 1.08. The van der Waals surface area contributed by atoms with E-state index in [9.17, 15) is 4.79 Å². The van der Waals surface area contributed by atoms with Crippen LogP contribution in [0.3, 0.4) is 0 Å². The smallest absolute Gasteiger partial charge is 0.339 e. The van der Waals surface area contributed by atoms with Gasteiger partial charge in [-0.2, -0.15) is 0 Å². The Bertz CT molecular complexity index is 1190. The van der Waals surface area contributed by atoms with E-state index in [-0.39, 0.29) is 6.61 Å². The molecule has 0 bridgehead atoms. The van der Waals surface area contributed by atoms with Gasteiger partial charge in [0.15, 0.2) is 17.3 Å². The number of carbonyl (C=O) groups is 1. The molecule has 1 aliphatic rings. The lowest BCUT2D eigenvalue weighted by Gasteiger charge is -2.18. The van der Waals surface area contributed by atoms with Gasteiger partial charge in [-0.1, -0.05) is 41.6 Å². The highest BCUT2D eigenvalue weighted by Gasteiger charge is 2.16. The second-order valence-electron chi connectivity index (χ2n) is 6.64. The van der Waals surface area contributed by atoms with Gasteiger partial charge in [0.25, 0.3) is 0 Å². The van der Waals surface area contributed by atoms with Crippen molar-refractivity contribution in [3.63, 3.8) is 0 Å². The Labute approximate surface area is 166 Å². The van der Waals surface area contributed by atoms with Crippen molar-refractivity contribution in [1.29, 1.82) is 0 Å². The van der Waals surface area contributed by atoms with Gasteiger partial charge in [-0.25, -0.2) is 4.79 Å².